The molecule has 2 N–H and O–H groups in total. The molecule has 0 fully saturated rings. The normalized spacial score (nSPS) is 12.5. The highest BCUT2D eigenvalue weighted by Gasteiger charge is 2.16. The van der Waals surface area contributed by atoms with Crippen LogP contribution in [0.4, 0.5) is 0 Å². The molecule has 0 radical (unpaired) electrons. The first-order chi connectivity index (χ1) is 11.4. The smallest absolute Gasteiger partial charge is 0.244 e. The first-order valence-electron chi connectivity index (χ1n) is 8.23. The summed E-state index contributed by atoms with van der Waals surface area (Å²) in [6.45, 7) is 10.6. The lowest BCUT2D eigenvalue weighted by atomic mass is 10.0. The molecule has 1 unspecified atom stereocenters. The summed E-state index contributed by atoms with van der Waals surface area (Å²) in [5.74, 6) is -0.0345. The molecule has 2 aromatic heterocycles. The molecule has 2 heterocycles. The van der Waals surface area contributed by atoms with E-state index in [1.54, 1.807) is 10.9 Å². The number of nitrogens with one attached hydrogen (secondary N) is 2. The topological polar surface area (TPSA) is 62.7 Å². The zero-order valence-electron chi connectivity index (χ0n) is 14.9. The summed E-state index contributed by atoms with van der Waals surface area (Å²) in [6, 6.07) is 3.99. The Hall–Kier alpha value is -2.56. The van der Waals surface area contributed by atoms with Crippen LogP contribution in [-0.2, 0) is 11.3 Å². The molecular formula is C19H24N4O. The van der Waals surface area contributed by atoms with Crippen LogP contribution in [0.2, 0.25) is 0 Å². The van der Waals surface area contributed by atoms with Crippen molar-refractivity contribution < 1.29 is 4.79 Å². The second kappa shape index (κ2) is 6.15. The number of hydrogen-bond donors (Lipinski definition) is 2. The molecule has 0 saturated heterocycles. The van der Waals surface area contributed by atoms with Crippen LogP contribution in [-0.4, -0.2) is 20.7 Å². The van der Waals surface area contributed by atoms with E-state index in [9.17, 15) is 4.79 Å². The maximum Gasteiger partial charge on any atom is 0.244 e. The third-order valence-electron chi connectivity index (χ3n) is 4.60. The van der Waals surface area contributed by atoms with Gasteiger partial charge in [-0.1, -0.05) is 11.6 Å². The van der Waals surface area contributed by atoms with Gasteiger partial charge in [0.25, 0.3) is 0 Å². The third-order valence-corrected chi connectivity index (χ3v) is 4.60. The molecule has 0 bridgehead atoms. The van der Waals surface area contributed by atoms with E-state index in [0.717, 1.165) is 16.6 Å². The average Bonchev–Trinajstić information content (AvgIpc) is 3.09. The Bertz CT molecular complexity index is 904. The molecule has 0 saturated carbocycles. The van der Waals surface area contributed by atoms with Crippen molar-refractivity contribution in [3.05, 3.63) is 52.5 Å². The van der Waals surface area contributed by atoms with Crippen molar-refractivity contribution in [3.8, 4) is 0 Å². The number of rotatable bonds is 4. The van der Waals surface area contributed by atoms with E-state index >= 15 is 0 Å². The Balaban J connectivity index is 1.80. The van der Waals surface area contributed by atoms with Crippen molar-refractivity contribution in [1.29, 1.82) is 0 Å². The third kappa shape index (κ3) is 2.94. The van der Waals surface area contributed by atoms with Gasteiger partial charge in [0.2, 0.25) is 5.91 Å². The number of aryl methyl sites for hydroxylation is 4. The predicted molar refractivity (Wildman–Crippen MR) is 96.0 cm³/mol. The minimum absolute atomic E-state index is 0.0345. The molecule has 0 spiro atoms. The van der Waals surface area contributed by atoms with E-state index in [0.29, 0.717) is 6.54 Å². The van der Waals surface area contributed by atoms with Gasteiger partial charge in [0.05, 0.1) is 11.7 Å². The molecule has 3 aromatic rings. The number of nitrogens with zero attached hydrogens (tertiary/aromatic N) is 2. The summed E-state index contributed by atoms with van der Waals surface area (Å²) < 4.78 is 1.69. The predicted octanol–water partition coefficient (Wildman–Crippen LogP) is 3.48. The molecule has 0 aliphatic carbocycles. The minimum Gasteiger partial charge on any atom is -0.358 e. The van der Waals surface area contributed by atoms with Gasteiger partial charge in [0.1, 0.15) is 6.04 Å². The molecule has 3 rings (SSSR count). The number of aromatic nitrogens is 3. The molecule has 5 heteroatoms. The van der Waals surface area contributed by atoms with E-state index < -0.39 is 0 Å². The van der Waals surface area contributed by atoms with Crippen molar-refractivity contribution in [1.82, 2.24) is 20.1 Å². The molecule has 0 aliphatic heterocycles. The number of fused-ring (bicyclic) bond motifs is 1. The monoisotopic (exact) mass is 324 g/mol. The fraction of sp³-hybridized carbons (Fsp3) is 0.368. The summed E-state index contributed by atoms with van der Waals surface area (Å²) >= 11 is 0. The summed E-state index contributed by atoms with van der Waals surface area (Å²) in [5, 5.41) is 8.48. The first-order valence-corrected chi connectivity index (χ1v) is 8.23. The van der Waals surface area contributed by atoms with Crippen LogP contribution in [0.5, 0.6) is 0 Å². The van der Waals surface area contributed by atoms with Crippen LogP contribution < -0.4 is 5.32 Å². The lowest BCUT2D eigenvalue weighted by Gasteiger charge is -2.13. The Labute approximate surface area is 142 Å². The van der Waals surface area contributed by atoms with Crippen molar-refractivity contribution in [3.63, 3.8) is 0 Å². The highest BCUT2D eigenvalue weighted by molar-refractivity contribution is 5.88. The number of aromatic amines is 1. The van der Waals surface area contributed by atoms with Crippen LogP contribution >= 0.6 is 0 Å². The number of H-pyrrole nitrogens is 1. The summed E-state index contributed by atoms with van der Waals surface area (Å²) in [5.41, 5.74) is 6.90. The number of benzene rings is 1. The van der Waals surface area contributed by atoms with Crippen LogP contribution in [0.15, 0.2) is 24.5 Å². The van der Waals surface area contributed by atoms with E-state index in [-0.39, 0.29) is 11.9 Å². The van der Waals surface area contributed by atoms with Gasteiger partial charge >= 0.3 is 0 Å². The zero-order chi connectivity index (χ0) is 17.4. The quantitative estimate of drug-likeness (QED) is 0.772. The molecule has 1 amide bonds. The second-order valence-corrected chi connectivity index (χ2v) is 6.61. The second-order valence-electron chi connectivity index (χ2n) is 6.61. The van der Waals surface area contributed by atoms with Gasteiger partial charge in [-0.3, -0.25) is 9.48 Å². The number of carbonyl (C=O) groups excluding carboxylic acids is 1. The first kappa shape index (κ1) is 16.3. The van der Waals surface area contributed by atoms with Crippen molar-refractivity contribution in [2.45, 2.75) is 47.2 Å². The van der Waals surface area contributed by atoms with Crippen LogP contribution in [0.3, 0.4) is 0 Å². The summed E-state index contributed by atoms with van der Waals surface area (Å²) in [7, 11) is 0. The Morgan fingerprint density at radius 1 is 1.25 bits per heavy atom. The number of carbonyl (C=O) groups is 1. The lowest BCUT2D eigenvalue weighted by Crippen LogP contribution is -2.30. The van der Waals surface area contributed by atoms with Gasteiger partial charge in [0, 0.05) is 23.8 Å². The van der Waals surface area contributed by atoms with Crippen LogP contribution in [0, 0.1) is 27.7 Å². The van der Waals surface area contributed by atoms with Gasteiger partial charge in [-0.2, -0.15) is 5.10 Å². The lowest BCUT2D eigenvalue weighted by molar-refractivity contribution is -0.124. The van der Waals surface area contributed by atoms with Gasteiger partial charge in [-0.15, -0.1) is 0 Å². The van der Waals surface area contributed by atoms with Gasteiger partial charge in [-0.25, -0.2) is 0 Å². The van der Waals surface area contributed by atoms with Crippen LogP contribution in [0.1, 0.15) is 40.9 Å². The Morgan fingerprint density at radius 2 is 2.00 bits per heavy atom. The molecule has 126 valence electrons. The molecule has 1 aromatic carbocycles. The highest BCUT2D eigenvalue weighted by Crippen LogP contribution is 2.26. The largest absolute Gasteiger partial charge is 0.358 e. The minimum atomic E-state index is -0.328. The van der Waals surface area contributed by atoms with E-state index in [4.69, 9.17) is 0 Å². The van der Waals surface area contributed by atoms with Crippen molar-refractivity contribution in [2.75, 3.05) is 0 Å². The summed E-state index contributed by atoms with van der Waals surface area (Å²) in [4.78, 5) is 15.9. The standard InChI is InChI=1S/C19H24N4O/c1-11-6-16(18-17(7-11)13(3)14(4)22-18)9-20-19(24)15(5)23-10-12(2)8-21-23/h6-8,10,15,22H,9H2,1-5H3,(H,20,24). The Kier molecular flexibility index (Phi) is 4.18. The van der Waals surface area contributed by atoms with Gasteiger partial charge in [-0.05, 0) is 57.4 Å². The molecule has 0 aliphatic rings. The van der Waals surface area contributed by atoms with Gasteiger partial charge < -0.3 is 10.3 Å². The molecule has 24 heavy (non-hydrogen) atoms. The molecular weight excluding hydrogens is 300 g/mol. The fourth-order valence-corrected chi connectivity index (χ4v) is 3.02. The number of amides is 1. The SMILES string of the molecule is Cc1cc(CNC(=O)C(C)n2cc(C)cn2)c2[nH]c(C)c(C)c2c1. The van der Waals surface area contributed by atoms with Crippen molar-refractivity contribution in [2.24, 2.45) is 0 Å². The summed E-state index contributed by atoms with van der Waals surface area (Å²) in [6.07, 6.45) is 3.64. The fourth-order valence-electron chi connectivity index (χ4n) is 3.02. The van der Waals surface area contributed by atoms with E-state index in [2.05, 4.69) is 48.3 Å². The van der Waals surface area contributed by atoms with Crippen LogP contribution in [0.25, 0.3) is 10.9 Å². The van der Waals surface area contributed by atoms with Gasteiger partial charge in [0.15, 0.2) is 0 Å². The maximum atomic E-state index is 12.4. The molecule has 5 nitrogen and oxygen atoms in total. The number of hydrogen-bond acceptors (Lipinski definition) is 2. The highest BCUT2D eigenvalue weighted by atomic mass is 16.2. The molecule has 1 atom stereocenters. The average molecular weight is 324 g/mol. The van der Waals surface area contributed by atoms with E-state index in [1.807, 2.05) is 20.0 Å². The van der Waals surface area contributed by atoms with Crippen molar-refractivity contribution >= 4 is 16.8 Å². The Morgan fingerprint density at radius 3 is 2.67 bits per heavy atom. The van der Waals surface area contributed by atoms with E-state index in [1.165, 1.54) is 22.2 Å². The maximum absolute atomic E-state index is 12.4. The zero-order valence-corrected chi connectivity index (χ0v) is 14.9.